The first kappa shape index (κ1) is 17.9. The lowest BCUT2D eigenvalue weighted by Crippen LogP contribution is -2.40. The molecule has 1 aromatic rings. The lowest BCUT2D eigenvalue weighted by Gasteiger charge is -2.11. The molecule has 0 saturated heterocycles. The van der Waals surface area contributed by atoms with Crippen molar-refractivity contribution in [2.45, 2.75) is 20.3 Å². The van der Waals surface area contributed by atoms with Crippen LogP contribution >= 0.6 is 0 Å². The summed E-state index contributed by atoms with van der Waals surface area (Å²) in [6.07, 6.45) is 2.06. The second kappa shape index (κ2) is 10.6. The Morgan fingerprint density at radius 1 is 1.32 bits per heavy atom. The Labute approximate surface area is 131 Å². The van der Waals surface area contributed by atoms with Crippen molar-refractivity contribution in [2.24, 2.45) is 4.99 Å². The molecule has 1 aromatic heterocycles. The van der Waals surface area contributed by atoms with Crippen LogP contribution in [0.25, 0.3) is 0 Å². The highest BCUT2D eigenvalue weighted by Gasteiger charge is 2.04. The number of anilines is 1. The molecule has 0 fully saturated rings. The molecule has 7 heteroatoms. The molecular formula is C15H25N5O2. The highest BCUT2D eigenvalue weighted by Crippen LogP contribution is 2.03. The van der Waals surface area contributed by atoms with Crippen LogP contribution in [0.15, 0.2) is 23.3 Å². The predicted molar refractivity (Wildman–Crippen MR) is 88.1 cm³/mol. The van der Waals surface area contributed by atoms with E-state index < -0.39 is 0 Å². The fourth-order valence-corrected chi connectivity index (χ4v) is 1.65. The topological polar surface area (TPSA) is 87.6 Å². The number of carbonyl (C=O) groups excluding carboxylic acids is 1. The molecule has 3 N–H and O–H groups in total. The van der Waals surface area contributed by atoms with Gasteiger partial charge in [0.15, 0.2) is 5.96 Å². The fraction of sp³-hybridized carbons (Fsp3) is 0.533. The summed E-state index contributed by atoms with van der Waals surface area (Å²) in [4.78, 5) is 20.0. The van der Waals surface area contributed by atoms with Crippen LogP contribution in [0.5, 0.6) is 0 Å². The van der Waals surface area contributed by atoms with Gasteiger partial charge in [-0.15, -0.1) is 0 Å². The average Bonchev–Trinajstić information content (AvgIpc) is 2.52. The summed E-state index contributed by atoms with van der Waals surface area (Å²) in [6.45, 7) is 6.39. The Balaban J connectivity index is 2.21. The molecular weight excluding hydrogens is 282 g/mol. The average molecular weight is 307 g/mol. The van der Waals surface area contributed by atoms with E-state index in [1.807, 2.05) is 19.9 Å². The highest BCUT2D eigenvalue weighted by atomic mass is 16.5. The quantitative estimate of drug-likeness (QED) is 0.378. The first-order valence-corrected chi connectivity index (χ1v) is 7.40. The number of pyridine rings is 1. The zero-order valence-electron chi connectivity index (χ0n) is 13.5. The van der Waals surface area contributed by atoms with Gasteiger partial charge in [-0.25, -0.2) is 4.98 Å². The van der Waals surface area contributed by atoms with Crippen LogP contribution < -0.4 is 16.0 Å². The van der Waals surface area contributed by atoms with Crippen LogP contribution in [-0.2, 0) is 9.53 Å². The van der Waals surface area contributed by atoms with Crippen molar-refractivity contribution in [3.63, 3.8) is 0 Å². The molecule has 0 bridgehead atoms. The molecule has 1 rings (SSSR count). The number of amides is 1. The minimum atomic E-state index is -0.0892. The molecule has 7 nitrogen and oxygen atoms in total. The first-order chi connectivity index (χ1) is 10.7. The standard InChI is InChI=1S/C15H25N5O2/c1-4-22-10-9-18-15(16-3)17-8-7-14(21)20-13-6-5-12(2)11-19-13/h5-6,11H,4,7-10H2,1-3H3,(H2,16,17,18)(H,19,20,21). The molecule has 1 heterocycles. The van der Waals surface area contributed by atoms with E-state index in [2.05, 4.69) is 25.9 Å². The Kier molecular flexibility index (Phi) is 8.59. The number of aliphatic imine (C=N–C) groups is 1. The second-order valence-corrected chi connectivity index (χ2v) is 4.64. The van der Waals surface area contributed by atoms with Gasteiger partial charge in [-0.2, -0.15) is 0 Å². The van der Waals surface area contributed by atoms with Crippen molar-refractivity contribution >= 4 is 17.7 Å². The summed E-state index contributed by atoms with van der Waals surface area (Å²) in [5.74, 6) is 1.13. The third-order valence-corrected chi connectivity index (χ3v) is 2.79. The van der Waals surface area contributed by atoms with Crippen molar-refractivity contribution in [2.75, 3.05) is 38.7 Å². The summed E-state index contributed by atoms with van der Waals surface area (Å²) in [5.41, 5.74) is 1.06. The van der Waals surface area contributed by atoms with Crippen molar-refractivity contribution in [3.05, 3.63) is 23.9 Å². The van der Waals surface area contributed by atoms with Crippen LogP contribution in [-0.4, -0.2) is 50.2 Å². The third-order valence-electron chi connectivity index (χ3n) is 2.79. The molecule has 0 aromatic carbocycles. The predicted octanol–water partition coefficient (Wildman–Crippen LogP) is 0.920. The summed E-state index contributed by atoms with van der Waals surface area (Å²) in [5, 5.41) is 8.93. The molecule has 0 spiro atoms. The largest absolute Gasteiger partial charge is 0.380 e. The maximum Gasteiger partial charge on any atom is 0.227 e. The van der Waals surface area contributed by atoms with Crippen LogP contribution in [0.4, 0.5) is 5.82 Å². The molecule has 0 aliphatic carbocycles. The lowest BCUT2D eigenvalue weighted by molar-refractivity contribution is -0.116. The number of guanidine groups is 1. The zero-order valence-corrected chi connectivity index (χ0v) is 13.5. The van der Waals surface area contributed by atoms with Crippen molar-refractivity contribution < 1.29 is 9.53 Å². The SMILES string of the molecule is CCOCCNC(=NC)NCCC(=O)Nc1ccc(C)cn1. The maximum absolute atomic E-state index is 11.8. The van der Waals surface area contributed by atoms with E-state index >= 15 is 0 Å². The smallest absolute Gasteiger partial charge is 0.227 e. The number of rotatable bonds is 8. The summed E-state index contributed by atoms with van der Waals surface area (Å²) in [6, 6.07) is 3.69. The van der Waals surface area contributed by atoms with E-state index in [1.165, 1.54) is 0 Å². The molecule has 0 aliphatic heterocycles. The number of ether oxygens (including phenoxy) is 1. The monoisotopic (exact) mass is 307 g/mol. The number of hydrogen-bond donors (Lipinski definition) is 3. The van der Waals surface area contributed by atoms with Crippen LogP contribution in [0, 0.1) is 6.92 Å². The fourth-order valence-electron chi connectivity index (χ4n) is 1.65. The van der Waals surface area contributed by atoms with E-state index in [4.69, 9.17) is 4.74 Å². The normalized spacial score (nSPS) is 11.1. The maximum atomic E-state index is 11.8. The number of hydrogen-bond acceptors (Lipinski definition) is 4. The third kappa shape index (κ3) is 7.58. The van der Waals surface area contributed by atoms with Gasteiger partial charge in [0.1, 0.15) is 5.82 Å². The Morgan fingerprint density at radius 3 is 2.73 bits per heavy atom. The van der Waals surface area contributed by atoms with E-state index in [1.54, 1.807) is 19.3 Å². The van der Waals surface area contributed by atoms with E-state index in [-0.39, 0.29) is 5.91 Å². The molecule has 0 radical (unpaired) electrons. The molecule has 0 aliphatic rings. The lowest BCUT2D eigenvalue weighted by atomic mass is 10.3. The Hall–Kier alpha value is -2.15. The number of carbonyl (C=O) groups is 1. The van der Waals surface area contributed by atoms with Gasteiger partial charge in [-0.1, -0.05) is 6.07 Å². The van der Waals surface area contributed by atoms with Crippen LogP contribution in [0.1, 0.15) is 18.9 Å². The van der Waals surface area contributed by atoms with Gasteiger partial charge in [0.05, 0.1) is 6.61 Å². The number of nitrogens with zero attached hydrogens (tertiary/aromatic N) is 2. The first-order valence-electron chi connectivity index (χ1n) is 7.40. The minimum absolute atomic E-state index is 0.0892. The number of nitrogens with one attached hydrogen (secondary N) is 3. The Bertz CT molecular complexity index is 473. The van der Waals surface area contributed by atoms with E-state index in [0.29, 0.717) is 44.5 Å². The van der Waals surface area contributed by atoms with E-state index in [0.717, 1.165) is 5.56 Å². The number of aryl methyl sites for hydroxylation is 1. The number of aromatic nitrogens is 1. The highest BCUT2D eigenvalue weighted by molar-refractivity contribution is 5.90. The summed E-state index contributed by atoms with van der Waals surface area (Å²) in [7, 11) is 1.69. The molecule has 122 valence electrons. The van der Waals surface area contributed by atoms with Crippen molar-refractivity contribution in [1.82, 2.24) is 15.6 Å². The van der Waals surface area contributed by atoms with Crippen molar-refractivity contribution in [1.29, 1.82) is 0 Å². The van der Waals surface area contributed by atoms with Gasteiger partial charge < -0.3 is 20.7 Å². The molecule has 22 heavy (non-hydrogen) atoms. The van der Waals surface area contributed by atoms with Gasteiger partial charge >= 0.3 is 0 Å². The van der Waals surface area contributed by atoms with Gasteiger partial charge in [0.2, 0.25) is 5.91 Å². The molecule has 0 atom stereocenters. The van der Waals surface area contributed by atoms with Gasteiger partial charge in [-0.05, 0) is 25.5 Å². The van der Waals surface area contributed by atoms with Crippen LogP contribution in [0.3, 0.4) is 0 Å². The molecule has 1 amide bonds. The Morgan fingerprint density at radius 2 is 2.09 bits per heavy atom. The van der Waals surface area contributed by atoms with Crippen molar-refractivity contribution in [3.8, 4) is 0 Å². The molecule has 0 unspecified atom stereocenters. The summed E-state index contributed by atoms with van der Waals surface area (Å²) < 4.78 is 5.23. The van der Waals surface area contributed by atoms with Gasteiger partial charge in [0, 0.05) is 39.4 Å². The van der Waals surface area contributed by atoms with Crippen LogP contribution in [0.2, 0.25) is 0 Å². The van der Waals surface area contributed by atoms with E-state index in [9.17, 15) is 4.79 Å². The zero-order chi connectivity index (χ0) is 16.2. The molecule has 0 saturated carbocycles. The van der Waals surface area contributed by atoms with Gasteiger partial charge in [0.25, 0.3) is 0 Å². The van der Waals surface area contributed by atoms with Gasteiger partial charge in [-0.3, -0.25) is 9.79 Å². The summed E-state index contributed by atoms with van der Waals surface area (Å²) >= 11 is 0. The second-order valence-electron chi connectivity index (χ2n) is 4.64. The minimum Gasteiger partial charge on any atom is -0.380 e.